The number of methoxy groups -OCH3 is 1. The van der Waals surface area contributed by atoms with Crippen molar-refractivity contribution in [1.29, 1.82) is 0 Å². The van der Waals surface area contributed by atoms with E-state index in [-0.39, 0.29) is 11.9 Å². The van der Waals surface area contributed by atoms with Crippen LogP contribution in [0.1, 0.15) is 13.3 Å². The molecule has 4 N–H and O–H groups in total. The Labute approximate surface area is 109 Å². The van der Waals surface area contributed by atoms with E-state index in [1.165, 1.54) is 0 Å². The summed E-state index contributed by atoms with van der Waals surface area (Å²) < 4.78 is 6.09. The monoisotopic (exact) mass is 301 g/mol. The molecule has 1 rings (SSSR count). The van der Waals surface area contributed by atoms with Gasteiger partial charge in [0.15, 0.2) is 0 Å². The maximum Gasteiger partial charge on any atom is 0.141 e. The number of amidine groups is 1. The average Bonchev–Trinajstić information content (AvgIpc) is 2.31. The molecule has 1 aromatic carbocycles. The van der Waals surface area contributed by atoms with Gasteiger partial charge >= 0.3 is 0 Å². The van der Waals surface area contributed by atoms with Gasteiger partial charge in [0.05, 0.1) is 11.6 Å². The molecule has 94 valence electrons. The van der Waals surface area contributed by atoms with E-state index < -0.39 is 0 Å². The summed E-state index contributed by atoms with van der Waals surface area (Å²) in [6, 6.07) is 5.77. The second-order valence-corrected chi connectivity index (χ2v) is 4.54. The third-order valence-electron chi connectivity index (χ3n) is 2.21. The van der Waals surface area contributed by atoms with Gasteiger partial charge in [0.2, 0.25) is 0 Å². The van der Waals surface area contributed by atoms with Crippen molar-refractivity contribution >= 4 is 27.5 Å². The fourth-order valence-electron chi connectivity index (χ4n) is 1.44. The Morgan fingerprint density at radius 2 is 2.35 bits per heavy atom. The lowest BCUT2D eigenvalue weighted by Crippen LogP contribution is -2.24. The molecule has 0 aliphatic carbocycles. The van der Waals surface area contributed by atoms with Crippen molar-refractivity contribution in [2.45, 2.75) is 19.4 Å². The zero-order valence-corrected chi connectivity index (χ0v) is 11.4. The molecule has 0 spiro atoms. The zero-order valence-electron chi connectivity index (χ0n) is 9.77. The van der Waals surface area contributed by atoms with Crippen LogP contribution in [-0.2, 0) is 0 Å². The molecule has 1 atom stereocenters. The Kier molecular flexibility index (Phi) is 5.09. The van der Waals surface area contributed by atoms with E-state index in [1.54, 1.807) is 7.11 Å². The second-order valence-electron chi connectivity index (χ2n) is 3.69. The van der Waals surface area contributed by atoms with Crippen LogP contribution < -0.4 is 15.8 Å². The highest BCUT2D eigenvalue weighted by Gasteiger charge is 2.07. The smallest absolute Gasteiger partial charge is 0.141 e. The third-order valence-corrected chi connectivity index (χ3v) is 2.86. The zero-order chi connectivity index (χ0) is 12.8. The van der Waals surface area contributed by atoms with Crippen molar-refractivity contribution in [1.82, 2.24) is 0 Å². The van der Waals surface area contributed by atoms with Gasteiger partial charge in [-0.2, -0.15) is 0 Å². The van der Waals surface area contributed by atoms with Crippen molar-refractivity contribution in [3.05, 3.63) is 22.7 Å². The third kappa shape index (κ3) is 4.14. The number of nitrogens with zero attached hydrogens (tertiary/aromatic N) is 1. The molecule has 0 saturated heterocycles. The predicted molar refractivity (Wildman–Crippen MR) is 71.8 cm³/mol. The van der Waals surface area contributed by atoms with Crippen molar-refractivity contribution < 1.29 is 9.94 Å². The summed E-state index contributed by atoms with van der Waals surface area (Å²) in [6.07, 6.45) is 0.467. The van der Waals surface area contributed by atoms with E-state index in [0.29, 0.717) is 6.42 Å². The number of anilines is 1. The topological polar surface area (TPSA) is 79.9 Å². The molecule has 0 bridgehead atoms. The van der Waals surface area contributed by atoms with E-state index in [2.05, 4.69) is 26.4 Å². The lowest BCUT2D eigenvalue weighted by Gasteiger charge is -2.15. The molecular formula is C11H16BrN3O2. The van der Waals surface area contributed by atoms with Gasteiger partial charge in [0.25, 0.3) is 0 Å². The Hall–Kier alpha value is -1.43. The number of halogens is 1. The molecule has 5 nitrogen and oxygen atoms in total. The van der Waals surface area contributed by atoms with Crippen LogP contribution in [0.3, 0.4) is 0 Å². The van der Waals surface area contributed by atoms with Crippen molar-refractivity contribution in [2.24, 2.45) is 10.9 Å². The summed E-state index contributed by atoms with van der Waals surface area (Å²) in [4.78, 5) is 0. The normalized spacial score (nSPS) is 13.2. The van der Waals surface area contributed by atoms with Gasteiger partial charge in [0.1, 0.15) is 11.6 Å². The number of rotatable bonds is 5. The Bertz CT molecular complexity index is 410. The molecule has 6 heteroatoms. The Balaban J connectivity index is 2.68. The summed E-state index contributed by atoms with van der Waals surface area (Å²) in [7, 11) is 1.61. The number of hydrogen-bond acceptors (Lipinski definition) is 4. The molecule has 0 saturated carbocycles. The minimum absolute atomic E-state index is 0.0665. The van der Waals surface area contributed by atoms with Gasteiger partial charge < -0.3 is 21.0 Å². The molecule has 0 amide bonds. The van der Waals surface area contributed by atoms with Gasteiger partial charge in [-0.05, 0) is 35.0 Å². The van der Waals surface area contributed by atoms with Crippen molar-refractivity contribution in [3.8, 4) is 5.75 Å². The van der Waals surface area contributed by atoms with E-state index in [9.17, 15) is 0 Å². The molecular weight excluding hydrogens is 286 g/mol. The van der Waals surface area contributed by atoms with E-state index >= 15 is 0 Å². The SMILES string of the molecule is COc1cc(NC(C)C/C(N)=N/O)ccc1Br. The van der Waals surface area contributed by atoms with Crippen LogP contribution in [-0.4, -0.2) is 24.2 Å². The van der Waals surface area contributed by atoms with Gasteiger partial charge in [-0.1, -0.05) is 5.16 Å². The van der Waals surface area contributed by atoms with Crippen LogP contribution in [0, 0.1) is 0 Å². The number of benzene rings is 1. The molecule has 0 aliphatic rings. The number of nitrogens with two attached hydrogens (primary N) is 1. The minimum atomic E-state index is 0.0665. The molecule has 0 fully saturated rings. The average molecular weight is 302 g/mol. The van der Waals surface area contributed by atoms with E-state index in [4.69, 9.17) is 15.7 Å². The highest BCUT2D eigenvalue weighted by atomic mass is 79.9. The maximum absolute atomic E-state index is 8.48. The quantitative estimate of drug-likeness (QED) is 0.338. The fourth-order valence-corrected chi connectivity index (χ4v) is 1.85. The van der Waals surface area contributed by atoms with Crippen LogP contribution in [0.15, 0.2) is 27.8 Å². The minimum Gasteiger partial charge on any atom is -0.495 e. The lowest BCUT2D eigenvalue weighted by molar-refractivity contribution is 0.316. The highest BCUT2D eigenvalue weighted by Crippen LogP contribution is 2.28. The van der Waals surface area contributed by atoms with Gasteiger partial charge in [-0.15, -0.1) is 0 Å². The summed E-state index contributed by atoms with van der Waals surface area (Å²) in [5.74, 6) is 0.958. The summed E-state index contributed by atoms with van der Waals surface area (Å²) in [5.41, 5.74) is 6.36. The first-order chi connectivity index (χ1) is 8.06. The molecule has 1 aromatic rings. The largest absolute Gasteiger partial charge is 0.495 e. The summed E-state index contributed by atoms with van der Waals surface area (Å²) >= 11 is 3.38. The summed E-state index contributed by atoms with van der Waals surface area (Å²) in [5, 5.41) is 14.7. The summed E-state index contributed by atoms with van der Waals surface area (Å²) in [6.45, 7) is 1.95. The van der Waals surface area contributed by atoms with Crippen molar-refractivity contribution in [3.63, 3.8) is 0 Å². The first-order valence-corrected chi connectivity index (χ1v) is 5.92. The van der Waals surface area contributed by atoms with Crippen LogP contribution >= 0.6 is 15.9 Å². The molecule has 0 heterocycles. The van der Waals surface area contributed by atoms with Gasteiger partial charge in [0, 0.05) is 24.2 Å². The number of ether oxygens (including phenoxy) is 1. The number of hydrogen-bond donors (Lipinski definition) is 3. The fraction of sp³-hybridized carbons (Fsp3) is 0.364. The van der Waals surface area contributed by atoms with Crippen LogP contribution in [0.2, 0.25) is 0 Å². The molecule has 0 aliphatic heterocycles. The Morgan fingerprint density at radius 1 is 1.65 bits per heavy atom. The van der Waals surface area contributed by atoms with Crippen LogP contribution in [0.25, 0.3) is 0 Å². The number of oxime groups is 1. The Morgan fingerprint density at radius 3 is 2.94 bits per heavy atom. The number of nitrogens with one attached hydrogen (secondary N) is 1. The second kappa shape index (κ2) is 6.34. The molecule has 1 unspecified atom stereocenters. The maximum atomic E-state index is 8.48. The molecule has 0 radical (unpaired) electrons. The van der Waals surface area contributed by atoms with Crippen LogP contribution in [0.5, 0.6) is 5.75 Å². The van der Waals surface area contributed by atoms with Gasteiger partial charge in [-0.25, -0.2) is 0 Å². The van der Waals surface area contributed by atoms with Gasteiger partial charge in [-0.3, -0.25) is 0 Å². The molecule has 17 heavy (non-hydrogen) atoms. The first kappa shape index (κ1) is 13.6. The van der Waals surface area contributed by atoms with Crippen molar-refractivity contribution in [2.75, 3.05) is 12.4 Å². The van der Waals surface area contributed by atoms with E-state index in [1.807, 2.05) is 25.1 Å². The lowest BCUT2D eigenvalue weighted by atomic mass is 10.2. The van der Waals surface area contributed by atoms with E-state index in [0.717, 1.165) is 15.9 Å². The first-order valence-electron chi connectivity index (χ1n) is 5.13. The standard InChI is InChI=1S/C11H16BrN3O2/c1-7(5-11(13)15-16)14-8-3-4-9(12)10(6-8)17-2/h3-4,6-7,14,16H,5H2,1-2H3,(H2,13,15). The predicted octanol–water partition coefficient (Wildman–Crippen LogP) is 2.39. The highest BCUT2D eigenvalue weighted by molar-refractivity contribution is 9.10. The molecule has 0 aromatic heterocycles. The van der Waals surface area contributed by atoms with Crippen LogP contribution in [0.4, 0.5) is 5.69 Å².